The molecule has 16 nitrogen and oxygen atoms in total. The second-order valence-electron chi connectivity index (χ2n) is 10.7. The Hall–Kier alpha value is -5.64. The lowest BCUT2D eigenvalue weighted by Crippen LogP contribution is -2.63. The van der Waals surface area contributed by atoms with Crippen LogP contribution in [0.25, 0.3) is 6.08 Å². The number of benzene rings is 2. The number of rotatable bonds is 14. The highest BCUT2D eigenvalue weighted by atomic mass is 16.8. The van der Waals surface area contributed by atoms with Gasteiger partial charge >= 0.3 is 29.8 Å². The molecule has 1 fully saturated rings. The average molecular weight is 684 g/mol. The van der Waals surface area contributed by atoms with Crippen LogP contribution in [-0.4, -0.2) is 98.7 Å². The molecule has 3 rings (SSSR count). The van der Waals surface area contributed by atoms with Crippen molar-refractivity contribution >= 4 is 47.4 Å². The number of ketones is 1. The van der Waals surface area contributed by atoms with E-state index in [1.165, 1.54) is 6.08 Å². The molecule has 0 N–H and O–H groups in total. The summed E-state index contributed by atoms with van der Waals surface area (Å²) in [7, 11) is 3.49. The van der Waals surface area contributed by atoms with Crippen LogP contribution in [-0.2, 0) is 52.4 Å². The van der Waals surface area contributed by atoms with E-state index in [1.54, 1.807) is 73.7 Å². The van der Waals surface area contributed by atoms with Crippen LogP contribution in [0.4, 0.5) is 5.69 Å². The lowest BCUT2D eigenvalue weighted by atomic mass is 9.98. The van der Waals surface area contributed by atoms with E-state index in [9.17, 15) is 28.8 Å². The molecule has 0 spiro atoms. The minimum absolute atomic E-state index is 0.221. The van der Waals surface area contributed by atoms with Crippen molar-refractivity contribution in [2.75, 3.05) is 27.3 Å². The summed E-state index contributed by atoms with van der Waals surface area (Å²) in [4.78, 5) is 72.7. The molecule has 49 heavy (non-hydrogen) atoms. The Morgan fingerprint density at radius 3 is 1.92 bits per heavy atom. The van der Waals surface area contributed by atoms with Crippen molar-refractivity contribution in [3.05, 3.63) is 65.7 Å². The second kappa shape index (κ2) is 18.1. The molecule has 16 heteroatoms. The third-order valence-corrected chi connectivity index (χ3v) is 6.35. The third kappa shape index (κ3) is 12.5. The first-order valence-electron chi connectivity index (χ1n) is 14.9. The van der Waals surface area contributed by atoms with Crippen LogP contribution in [0.2, 0.25) is 0 Å². The summed E-state index contributed by atoms with van der Waals surface area (Å²) in [5, 5.41) is 9.49. The van der Waals surface area contributed by atoms with E-state index in [0.29, 0.717) is 16.8 Å². The molecule has 0 radical (unpaired) electrons. The van der Waals surface area contributed by atoms with Crippen LogP contribution in [0, 0.1) is 0 Å². The second-order valence-corrected chi connectivity index (χ2v) is 10.7. The summed E-state index contributed by atoms with van der Waals surface area (Å²) in [5.74, 6) is -4.08. The molecule has 1 saturated heterocycles. The maximum atomic E-state index is 12.8. The minimum atomic E-state index is -1.68. The molecular formula is C33H37N3O13. The molecular weight excluding hydrogens is 646 g/mol. The van der Waals surface area contributed by atoms with E-state index in [4.69, 9.17) is 33.2 Å². The highest BCUT2D eigenvalue weighted by Crippen LogP contribution is 2.30. The lowest BCUT2D eigenvalue weighted by molar-refractivity contribution is -0.301. The van der Waals surface area contributed by atoms with Crippen molar-refractivity contribution in [2.24, 2.45) is 10.3 Å². The van der Waals surface area contributed by atoms with E-state index in [-0.39, 0.29) is 11.5 Å². The number of carbonyl (C=O) groups is 6. The summed E-state index contributed by atoms with van der Waals surface area (Å²) in [6, 6.07) is 13.1. The first kappa shape index (κ1) is 37.8. The zero-order valence-electron chi connectivity index (χ0n) is 27.7. The lowest BCUT2D eigenvalue weighted by Gasteiger charge is -2.43. The number of hydrogen-bond acceptors (Lipinski definition) is 15. The molecule has 5 atom stereocenters. The van der Waals surface area contributed by atoms with Crippen LogP contribution < -0.4 is 4.74 Å². The van der Waals surface area contributed by atoms with Crippen molar-refractivity contribution < 1.29 is 61.9 Å². The molecule has 0 aromatic heterocycles. The smallest absolute Gasteiger partial charge is 0.346 e. The fourth-order valence-electron chi connectivity index (χ4n) is 4.37. The SMILES string of the molecule is CC(=O)OC[C@@H]1O[C@H](OC(=O)COc2ccc(/C=C/C(=O)c3ccc(N=NN(C)C)cc3)cc2)[C@@H](OC(C)=O)[C@H](OC(C)=O)[C@H]1OC(C)=O. The van der Waals surface area contributed by atoms with Gasteiger partial charge in [-0.15, -0.1) is 5.11 Å². The fourth-order valence-corrected chi connectivity index (χ4v) is 4.37. The molecule has 1 heterocycles. The van der Waals surface area contributed by atoms with Crippen molar-refractivity contribution in [1.82, 2.24) is 5.01 Å². The van der Waals surface area contributed by atoms with Crippen molar-refractivity contribution in [3.8, 4) is 5.75 Å². The van der Waals surface area contributed by atoms with Gasteiger partial charge in [-0.1, -0.05) is 23.4 Å². The van der Waals surface area contributed by atoms with Gasteiger partial charge in [0, 0.05) is 47.4 Å². The first-order chi connectivity index (χ1) is 23.2. The molecule has 262 valence electrons. The van der Waals surface area contributed by atoms with Crippen molar-refractivity contribution in [3.63, 3.8) is 0 Å². The number of esters is 5. The molecule has 0 amide bonds. The molecule has 1 aliphatic rings. The number of hydrogen-bond donors (Lipinski definition) is 0. The van der Waals surface area contributed by atoms with Gasteiger partial charge in [0.25, 0.3) is 0 Å². The van der Waals surface area contributed by atoms with Crippen LogP contribution in [0.15, 0.2) is 64.9 Å². The average Bonchev–Trinajstić information content (AvgIpc) is 3.03. The Labute approximate surface area is 281 Å². The summed E-state index contributed by atoms with van der Waals surface area (Å²) in [5.41, 5.74) is 1.75. The molecule has 0 bridgehead atoms. The minimum Gasteiger partial charge on any atom is -0.482 e. The molecule has 2 aromatic rings. The quantitative estimate of drug-likeness (QED) is 0.0703. The first-order valence-corrected chi connectivity index (χ1v) is 14.9. The van der Waals surface area contributed by atoms with Crippen LogP contribution in [0.5, 0.6) is 5.75 Å². The van der Waals surface area contributed by atoms with Gasteiger partial charge in [-0.05, 0) is 48.0 Å². The van der Waals surface area contributed by atoms with E-state index in [2.05, 4.69) is 10.3 Å². The Morgan fingerprint density at radius 1 is 0.755 bits per heavy atom. The van der Waals surface area contributed by atoms with Gasteiger partial charge in [0.1, 0.15) is 18.5 Å². The molecule has 1 aliphatic heterocycles. The third-order valence-electron chi connectivity index (χ3n) is 6.35. The molecule has 0 aliphatic carbocycles. The maximum Gasteiger partial charge on any atom is 0.346 e. The predicted octanol–water partition coefficient (Wildman–Crippen LogP) is 3.15. The van der Waals surface area contributed by atoms with Gasteiger partial charge in [-0.25, -0.2) is 4.79 Å². The summed E-state index contributed by atoms with van der Waals surface area (Å²) in [6.07, 6.45) is -4.39. The zero-order chi connectivity index (χ0) is 36.1. The van der Waals surface area contributed by atoms with Gasteiger partial charge < -0.3 is 33.2 Å². The fraction of sp³-hybridized carbons (Fsp3) is 0.394. The number of nitrogens with zero attached hydrogens (tertiary/aromatic N) is 3. The zero-order valence-corrected chi connectivity index (χ0v) is 27.7. The van der Waals surface area contributed by atoms with Crippen molar-refractivity contribution in [2.45, 2.75) is 58.4 Å². The van der Waals surface area contributed by atoms with Gasteiger partial charge in [0.05, 0.1) is 5.69 Å². The largest absolute Gasteiger partial charge is 0.482 e. The standard InChI is InChI=1S/C33H37N3O13/c1-19(37)43-17-28-30(45-20(2)38)31(46-21(3)39)32(47-22(4)40)33(48-28)49-29(42)18-44-26-14-7-23(8-15-26)9-16-27(41)24-10-12-25(13-11-24)34-35-36(5)6/h7-16,28,30-33H,17-18H2,1-6H3/b16-9+,35-34?/t28-,30-,31+,32-,33+/m0/s1. The highest BCUT2D eigenvalue weighted by molar-refractivity contribution is 6.06. The van der Waals surface area contributed by atoms with E-state index in [1.807, 2.05) is 0 Å². The number of carbonyl (C=O) groups excluding carboxylic acids is 6. The predicted molar refractivity (Wildman–Crippen MR) is 168 cm³/mol. The number of ether oxygens (including phenoxy) is 7. The van der Waals surface area contributed by atoms with Gasteiger partial charge in [0.15, 0.2) is 24.6 Å². The Balaban J connectivity index is 1.66. The van der Waals surface area contributed by atoms with E-state index in [0.717, 1.165) is 27.7 Å². The summed E-state index contributed by atoms with van der Waals surface area (Å²) >= 11 is 0. The molecule has 0 saturated carbocycles. The Morgan fingerprint density at radius 2 is 1.35 bits per heavy atom. The Bertz CT molecular complexity index is 1550. The maximum absolute atomic E-state index is 12.8. The van der Waals surface area contributed by atoms with Crippen LogP contribution in [0.1, 0.15) is 43.6 Å². The van der Waals surface area contributed by atoms with Crippen LogP contribution >= 0.6 is 0 Å². The van der Waals surface area contributed by atoms with E-state index >= 15 is 0 Å². The summed E-state index contributed by atoms with van der Waals surface area (Å²) in [6.45, 7) is 3.25. The monoisotopic (exact) mass is 683 g/mol. The Kier molecular flexibility index (Phi) is 13.9. The molecule has 2 aromatic carbocycles. The van der Waals surface area contributed by atoms with Crippen molar-refractivity contribution in [1.29, 1.82) is 0 Å². The highest BCUT2D eigenvalue weighted by Gasteiger charge is 2.53. The number of allylic oxidation sites excluding steroid dienone is 1. The van der Waals surface area contributed by atoms with Gasteiger partial charge in [-0.2, -0.15) is 0 Å². The van der Waals surface area contributed by atoms with E-state index < -0.39 is 73.8 Å². The summed E-state index contributed by atoms with van der Waals surface area (Å²) < 4.78 is 37.5. The van der Waals surface area contributed by atoms with Gasteiger partial charge in [-0.3, -0.25) is 29.0 Å². The van der Waals surface area contributed by atoms with Gasteiger partial charge in [0.2, 0.25) is 12.4 Å². The molecule has 0 unspecified atom stereocenters. The normalized spacial score (nSPS) is 20.2. The topological polar surface area (TPSA) is 195 Å². The van der Waals surface area contributed by atoms with Crippen LogP contribution in [0.3, 0.4) is 0 Å².